The maximum Gasteiger partial charge on any atom is 0.316 e. The summed E-state index contributed by atoms with van der Waals surface area (Å²) in [7, 11) is 0. The number of nitrogen functional groups attached to an aromatic ring is 1. The second kappa shape index (κ2) is 14.8. The van der Waals surface area contributed by atoms with Crippen molar-refractivity contribution in [2.24, 2.45) is 17.8 Å². The first-order valence-corrected chi connectivity index (χ1v) is 18.2. The van der Waals surface area contributed by atoms with Crippen molar-refractivity contribution in [2.75, 3.05) is 18.9 Å². The number of hydrogen-bond acceptors (Lipinski definition) is 9. The van der Waals surface area contributed by atoms with Crippen LogP contribution in [0.4, 0.5) is 5.69 Å². The molecular weight excluding hydrogens is 622 g/mol. The molecule has 1 aliphatic carbocycles. The highest BCUT2D eigenvalue weighted by Crippen LogP contribution is 2.47. The lowest BCUT2D eigenvalue weighted by Crippen LogP contribution is -2.58. The smallest absolute Gasteiger partial charge is 0.316 e. The second-order valence-electron chi connectivity index (χ2n) is 15.0. The summed E-state index contributed by atoms with van der Waals surface area (Å²) in [5, 5.41) is 23.3. The Labute approximate surface area is 291 Å². The lowest BCUT2D eigenvalue weighted by Gasteiger charge is -2.50. The first-order valence-electron chi connectivity index (χ1n) is 18.2. The molecule has 4 aliphatic heterocycles. The third kappa shape index (κ3) is 7.48. The molecule has 49 heavy (non-hydrogen) atoms. The molecule has 268 valence electrons. The highest BCUT2D eigenvalue weighted by Gasteiger charge is 2.60. The van der Waals surface area contributed by atoms with Gasteiger partial charge in [-0.3, -0.25) is 4.79 Å². The molecule has 4 N–H and O–H groups in total. The molecule has 1 aromatic rings. The van der Waals surface area contributed by atoms with Crippen LogP contribution in [-0.4, -0.2) is 77.4 Å². The highest BCUT2D eigenvalue weighted by atomic mass is 16.7. The number of rotatable bonds is 5. The van der Waals surface area contributed by atoms with Crippen LogP contribution in [0.1, 0.15) is 78.7 Å². The molecule has 0 amide bonds. The molecule has 5 aliphatic rings. The van der Waals surface area contributed by atoms with Crippen molar-refractivity contribution in [2.45, 2.75) is 128 Å². The first-order chi connectivity index (χ1) is 23.4. The standard InChI is InChI=1S/C40H55NO8/c1-6-34-24(2)16-18-39(49-34)22-32-21-31(48-39)15-10-26(4)36(45-19-17-28-11-13-30(41)14-12-28)25(3)8-7-9-29-23-46-37-35(42)27(5)20-33(38(43)47-32)40(29,37)44/h7-14,20,24-25,31-37,42,44H,6,15-19,21-23,41H2,1-5H3/b8-7+,26-10+,29-9+/t24-,25-,31+,32-,33-,34+,35+,36+,37-,39+,40+/m0/s1. The summed E-state index contributed by atoms with van der Waals surface area (Å²) >= 11 is 0. The van der Waals surface area contributed by atoms with Crippen LogP contribution in [-0.2, 0) is 34.9 Å². The molecule has 3 saturated heterocycles. The molecule has 9 heteroatoms. The largest absolute Gasteiger partial charge is 0.462 e. The van der Waals surface area contributed by atoms with Crippen LogP contribution in [0.15, 0.2) is 71.4 Å². The second-order valence-corrected chi connectivity index (χ2v) is 15.0. The van der Waals surface area contributed by atoms with E-state index in [1.165, 1.54) is 0 Å². The van der Waals surface area contributed by atoms with Crippen molar-refractivity contribution in [1.82, 2.24) is 0 Å². The summed E-state index contributed by atoms with van der Waals surface area (Å²) in [5.41, 5.74) is 8.23. The highest BCUT2D eigenvalue weighted by molar-refractivity contribution is 5.78. The van der Waals surface area contributed by atoms with E-state index < -0.39 is 41.6 Å². The number of nitrogens with two attached hydrogens (primary N) is 1. The number of allylic oxidation sites excluding steroid dienone is 2. The molecule has 4 heterocycles. The van der Waals surface area contributed by atoms with Crippen LogP contribution in [0.25, 0.3) is 0 Å². The third-order valence-electron chi connectivity index (χ3n) is 11.4. The number of benzene rings is 1. The summed E-state index contributed by atoms with van der Waals surface area (Å²) in [6.45, 7) is 11.0. The number of aliphatic hydroxyl groups excluding tert-OH is 1. The molecule has 0 saturated carbocycles. The van der Waals surface area contributed by atoms with E-state index in [4.69, 9.17) is 29.4 Å². The molecule has 2 bridgehead atoms. The quantitative estimate of drug-likeness (QED) is 0.203. The van der Waals surface area contributed by atoms with E-state index in [-0.39, 0.29) is 30.8 Å². The third-order valence-corrected chi connectivity index (χ3v) is 11.4. The van der Waals surface area contributed by atoms with Crippen LogP contribution < -0.4 is 5.73 Å². The summed E-state index contributed by atoms with van der Waals surface area (Å²) in [4.78, 5) is 14.1. The Morgan fingerprint density at radius 2 is 1.86 bits per heavy atom. The van der Waals surface area contributed by atoms with Crippen LogP contribution in [0.5, 0.6) is 0 Å². The predicted octanol–water partition coefficient (Wildman–Crippen LogP) is 5.74. The zero-order chi connectivity index (χ0) is 34.9. The molecule has 9 nitrogen and oxygen atoms in total. The number of carbonyl (C=O) groups is 1. The molecule has 3 fully saturated rings. The average molecular weight is 678 g/mol. The number of aliphatic hydroxyl groups is 2. The summed E-state index contributed by atoms with van der Waals surface area (Å²) in [6, 6.07) is 7.87. The van der Waals surface area contributed by atoms with Gasteiger partial charge in [0.25, 0.3) is 0 Å². The maximum atomic E-state index is 14.1. The zero-order valence-corrected chi connectivity index (χ0v) is 29.7. The molecule has 0 unspecified atom stereocenters. The molecule has 0 aromatic heterocycles. The van der Waals surface area contributed by atoms with E-state index in [1.807, 2.05) is 36.4 Å². The first kappa shape index (κ1) is 36.0. The van der Waals surface area contributed by atoms with E-state index in [0.717, 1.165) is 42.5 Å². The van der Waals surface area contributed by atoms with E-state index in [0.29, 0.717) is 42.9 Å². The number of esters is 1. The number of hydrogen-bond donors (Lipinski definition) is 3. The zero-order valence-electron chi connectivity index (χ0n) is 29.7. The van der Waals surface area contributed by atoms with Gasteiger partial charge in [0, 0.05) is 30.9 Å². The van der Waals surface area contributed by atoms with E-state index in [9.17, 15) is 15.0 Å². The Balaban J connectivity index is 1.34. The van der Waals surface area contributed by atoms with Gasteiger partial charge in [-0.05, 0) is 79.9 Å². The van der Waals surface area contributed by atoms with Crippen LogP contribution in [0.3, 0.4) is 0 Å². The summed E-state index contributed by atoms with van der Waals surface area (Å²) in [5.74, 6) is -2.02. The Bertz CT molecular complexity index is 1470. The van der Waals surface area contributed by atoms with E-state index in [2.05, 4.69) is 39.8 Å². The van der Waals surface area contributed by atoms with Gasteiger partial charge < -0.3 is 39.6 Å². The fourth-order valence-electron chi connectivity index (χ4n) is 8.44. The lowest BCUT2D eigenvalue weighted by molar-refractivity contribution is -0.335. The van der Waals surface area contributed by atoms with Crippen LogP contribution in [0.2, 0.25) is 0 Å². The van der Waals surface area contributed by atoms with Crippen molar-refractivity contribution in [3.05, 3.63) is 76.9 Å². The molecule has 1 aromatic carbocycles. The van der Waals surface area contributed by atoms with Crippen LogP contribution >= 0.6 is 0 Å². The van der Waals surface area contributed by atoms with Crippen molar-refractivity contribution in [1.29, 1.82) is 0 Å². The molecule has 0 radical (unpaired) electrons. The van der Waals surface area contributed by atoms with Gasteiger partial charge in [0.05, 0.1) is 31.5 Å². The minimum atomic E-state index is -1.75. The predicted molar refractivity (Wildman–Crippen MR) is 187 cm³/mol. The maximum absolute atomic E-state index is 14.1. The van der Waals surface area contributed by atoms with Gasteiger partial charge in [-0.25, -0.2) is 0 Å². The normalized spacial score (nSPS) is 42.6. The summed E-state index contributed by atoms with van der Waals surface area (Å²) in [6.07, 6.45) is 11.6. The number of carbonyl (C=O) groups excluding carboxylic acids is 1. The van der Waals surface area contributed by atoms with Gasteiger partial charge in [0.1, 0.15) is 29.8 Å². The number of ether oxygens (including phenoxy) is 5. The minimum absolute atomic E-state index is 0.0140. The number of anilines is 1. The van der Waals surface area contributed by atoms with Crippen molar-refractivity contribution in [3.8, 4) is 0 Å². The topological polar surface area (TPSA) is 130 Å². The molecular formula is C40H55NO8. The number of fused-ring (bicyclic) bond motifs is 2. The summed E-state index contributed by atoms with van der Waals surface area (Å²) < 4.78 is 32.4. The Morgan fingerprint density at radius 1 is 1.08 bits per heavy atom. The van der Waals surface area contributed by atoms with Gasteiger partial charge in [0.2, 0.25) is 0 Å². The monoisotopic (exact) mass is 677 g/mol. The Morgan fingerprint density at radius 3 is 2.61 bits per heavy atom. The van der Waals surface area contributed by atoms with Crippen molar-refractivity contribution >= 4 is 11.7 Å². The van der Waals surface area contributed by atoms with E-state index in [1.54, 1.807) is 13.0 Å². The Kier molecular flexibility index (Phi) is 10.9. The van der Waals surface area contributed by atoms with Crippen molar-refractivity contribution < 1.29 is 38.7 Å². The van der Waals surface area contributed by atoms with Crippen LogP contribution in [0, 0.1) is 17.8 Å². The fraction of sp³-hybridized carbons (Fsp3) is 0.625. The van der Waals surface area contributed by atoms with E-state index >= 15 is 0 Å². The minimum Gasteiger partial charge on any atom is -0.462 e. The molecule has 6 rings (SSSR count). The average Bonchev–Trinajstić information content (AvgIpc) is 3.41. The van der Waals surface area contributed by atoms with Gasteiger partial charge >= 0.3 is 5.97 Å². The van der Waals surface area contributed by atoms with Gasteiger partial charge in [-0.15, -0.1) is 0 Å². The molecule has 1 spiro atoms. The van der Waals surface area contributed by atoms with Gasteiger partial charge in [-0.1, -0.05) is 63.3 Å². The fourth-order valence-corrected chi connectivity index (χ4v) is 8.44. The molecule has 11 atom stereocenters. The van der Waals surface area contributed by atoms with Gasteiger partial charge in [-0.2, -0.15) is 0 Å². The van der Waals surface area contributed by atoms with Gasteiger partial charge in [0.15, 0.2) is 5.79 Å². The van der Waals surface area contributed by atoms with Crippen molar-refractivity contribution in [3.63, 3.8) is 0 Å². The SMILES string of the molecule is CC[C@H]1O[C@]2(CC[C@@H]1C)C[C@@H]1C[C@@H](C/C=C(\C)[C@H](OCCc3ccc(N)cc3)[C@@H](C)/C=C/C=C3\CO[C@H]4[C@H](O)C(C)=C[C@@H](C(=O)O1)[C@]34O)O2. The lowest BCUT2D eigenvalue weighted by atomic mass is 9.71. The Hall–Kier alpha value is -2.79.